The molecule has 2 rings (SSSR count). The maximum absolute atomic E-state index is 9.16. The average Bonchev–Trinajstić information content (AvgIpc) is 2.47. The summed E-state index contributed by atoms with van der Waals surface area (Å²) in [5.74, 6) is 0. The van der Waals surface area contributed by atoms with Gasteiger partial charge in [0.05, 0.1) is 11.6 Å². The molecule has 0 saturated heterocycles. The van der Waals surface area contributed by atoms with Gasteiger partial charge in [-0.2, -0.15) is 5.26 Å². The van der Waals surface area contributed by atoms with Crippen molar-refractivity contribution in [1.29, 1.82) is 5.26 Å². The molecule has 0 aliphatic carbocycles. The molecule has 0 atom stereocenters. The first kappa shape index (κ1) is 7.55. The molecule has 1 heterocycles. The summed E-state index contributed by atoms with van der Waals surface area (Å²) in [6.07, 6.45) is 0. The predicted molar refractivity (Wildman–Crippen MR) is 44.2 cm³/mol. The van der Waals surface area contributed by atoms with Gasteiger partial charge in [-0.3, -0.25) is 0 Å². The number of nitriles is 1. The van der Waals surface area contributed by atoms with Crippen LogP contribution in [0.3, 0.4) is 0 Å². The fourth-order valence-electron chi connectivity index (χ4n) is 1.18. The monoisotopic (exact) mass is 174 g/mol. The molecule has 1 N–H and O–H groups in total. The Kier molecular flexibility index (Phi) is 1.43. The Bertz CT molecular complexity index is 509. The van der Waals surface area contributed by atoms with E-state index in [1.807, 2.05) is 6.07 Å². The van der Waals surface area contributed by atoms with Gasteiger partial charge in [-0.15, -0.1) is 5.10 Å². The third-order valence-electron chi connectivity index (χ3n) is 1.89. The van der Waals surface area contributed by atoms with Crippen LogP contribution in [0.15, 0.2) is 12.1 Å². The normalized spacial score (nSPS) is 10.2. The lowest BCUT2D eigenvalue weighted by Crippen LogP contribution is -1.92. The van der Waals surface area contributed by atoms with Crippen molar-refractivity contribution in [2.75, 3.05) is 0 Å². The summed E-state index contributed by atoms with van der Waals surface area (Å²) in [5, 5.41) is 25.0. The molecule has 5 nitrogen and oxygen atoms in total. The number of fused-ring (bicyclic) bond motifs is 1. The van der Waals surface area contributed by atoms with Gasteiger partial charge in [-0.05, 0) is 29.8 Å². The van der Waals surface area contributed by atoms with Crippen molar-refractivity contribution in [2.45, 2.75) is 6.92 Å². The molecule has 5 heteroatoms. The largest absolute Gasteiger partial charge is 0.410 e. The van der Waals surface area contributed by atoms with E-state index in [0.29, 0.717) is 21.4 Å². The standard InChI is InChI=1S/C8H6N4O/c1-5-2-8-7(3-6(5)4-9)10-11-12(8)13/h2-3,13H,1H3. The SMILES string of the molecule is Cc1cc2c(cc1C#N)nnn2O. The number of benzene rings is 1. The van der Waals surface area contributed by atoms with Crippen LogP contribution in [-0.2, 0) is 0 Å². The summed E-state index contributed by atoms with van der Waals surface area (Å²) < 4.78 is 0. The molecule has 0 spiro atoms. The molecule has 0 saturated carbocycles. The van der Waals surface area contributed by atoms with Crippen molar-refractivity contribution in [3.63, 3.8) is 0 Å². The molecule has 0 fully saturated rings. The van der Waals surface area contributed by atoms with Crippen molar-refractivity contribution in [1.82, 2.24) is 15.2 Å². The van der Waals surface area contributed by atoms with Crippen LogP contribution in [0, 0.1) is 18.3 Å². The Morgan fingerprint density at radius 2 is 2.31 bits per heavy atom. The number of hydrogen-bond acceptors (Lipinski definition) is 4. The van der Waals surface area contributed by atoms with Gasteiger partial charge in [0.15, 0.2) is 0 Å². The second kappa shape index (κ2) is 2.45. The molecule has 0 aliphatic heterocycles. The van der Waals surface area contributed by atoms with Crippen molar-refractivity contribution >= 4 is 11.0 Å². The highest BCUT2D eigenvalue weighted by Gasteiger charge is 2.06. The Hall–Kier alpha value is -2.09. The maximum atomic E-state index is 9.16. The summed E-state index contributed by atoms with van der Waals surface area (Å²) in [6, 6.07) is 5.31. The van der Waals surface area contributed by atoms with Gasteiger partial charge in [-0.25, -0.2) is 0 Å². The van der Waals surface area contributed by atoms with Crippen LogP contribution < -0.4 is 0 Å². The van der Waals surface area contributed by atoms with Crippen LogP contribution in [0.2, 0.25) is 0 Å². The quantitative estimate of drug-likeness (QED) is 0.601. The first-order valence-corrected chi connectivity index (χ1v) is 3.68. The van der Waals surface area contributed by atoms with E-state index in [0.717, 1.165) is 5.56 Å². The maximum Gasteiger partial charge on any atom is 0.131 e. The highest BCUT2D eigenvalue weighted by molar-refractivity contribution is 5.77. The lowest BCUT2D eigenvalue weighted by Gasteiger charge is -1.95. The fraction of sp³-hybridized carbons (Fsp3) is 0.125. The average molecular weight is 174 g/mol. The highest BCUT2D eigenvalue weighted by Crippen LogP contribution is 2.15. The molecule has 64 valence electrons. The molecule has 0 radical (unpaired) electrons. The Balaban J connectivity index is 2.85. The lowest BCUT2D eigenvalue weighted by molar-refractivity contribution is 0.154. The summed E-state index contributed by atoms with van der Waals surface area (Å²) >= 11 is 0. The van der Waals surface area contributed by atoms with Crippen LogP contribution in [-0.4, -0.2) is 20.4 Å². The number of aromatic nitrogens is 3. The molecule has 2 aromatic rings. The van der Waals surface area contributed by atoms with Crippen molar-refractivity contribution in [3.05, 3.63) is 23.3 Å². The van der Waals surface area contributed by atoms with E-state index < -0.39 is 0 Å². The van der Waals surface area contributed by atoms with E-state index >= 15 is 0 Å². The van der Waals surface area contributed by atoms with Crippen LogP contribution in [0.25, 0.3) is 11.0 Å². The van der Waals surface area contributed by atoms with E-state index in [9.17, 15) is 0 Å². The van der Waals surface area contributed by atoms with Crippen LogP contribution in [0.5, 0.6) is 0 Å². The van der Waals surface area contributed by atoms with E-state index in [1.54, 1.807) is 19.1 Å². The number of nitrogens with zero attached hydrogens (tertiary/aromatic N) is 4. The van der Waals surface area contributed by atoms with Crippen molar-refractivity contribution < 1.29 is 5.21 Å². The third-order valence-corrected chi connectivity index (χ3v) is 1.89. The molecule has 13 heavy (non-hydrogen) atoms. The molecule has 0 unspecified atom stereocenters. The fourth-order valence-corrected chi connectivity index (χ4v) is 1.18. The smallest absolute Gasteiger partial charge is 0.131 e. The van der Waals surface area contributed by atoms with Gasteiger partial charge in [0.25, 0.3) is 0 Å². The van der Waals surface area contributed by atoms with E-state index in [4.69, 9.17) is 10.5 Å². The van der Waals surface area contributed by atoms with Gasteiger partial charge < -0.3 is 5.21 Å². The molecule has 1 aromatic carbocycles. The highest BCUT2D eigenvalue weighted by atomic mass is 16.5. The van der Waals surface area contributed by atoms with Crippen LogP contribution in [0.1, 0.15) is 11.1 Å². The summed E-state index contributed by atoms with van der Waals surface area (Å²) in [5.41, 5.74) is 2.38. The molecule has 0 aliphatic rings. The zero-order valence-electron chi connectivity index (χ0n) is 6.89. The van der Waals surface area contributed by atoms with Crippen LogP contribution >= 0.6 is 0 Å². The molecule has 0 amide bonds. The first-order valence-electron chi connectivity index (χ1n) is 3.68. The molecule has 1 aromatic heterocycles. The summed E-state index contributed by atoms with van der Waals surface area (Å²) in [4.78, 5) is 0.698. The van der Waals surface area contributed by atoms with Gasteiger partial charge in [0.1, 0.15) is 11.0 Å². The molecule has 0 bridgehead atoms. The number of aryl methyl sites for hydroxylation is 1. The van der Waals surface area contributed by atoms with E-state index in [2.05, 4.69) is 10.3 Å². The Labute approximate surface area is 73.8 Å². The number of rotatable bonds is 0. The third kappa shape index (κ3) is 0.999. The van der Waals surface area contributed by atoms with E-state index in [-0.39, 0.29) is 0 Å². The zero-order chi connectivity index (χ0) is 9.42. The van der Waals surface area contributed by atoms with E-state index in [1.165, 1.54) is 0 Å². The number of hydrogen-bond donors (Lipinski definition) is 1. The lowest BCUT2D eigenvalue weighted by atomic mass is 10.1. The summed E-state index contributed by atoms with van der Waals surface area (Å²) in [6.45, 7) is 1.80. The Morgan fingerprint density at radius 1 is 1.54 bits per heavy atom. The van der Waals surface area contributed by atoms with Crippen LogP contribution in [0.4, 0.5) is 0 Å². The van der Waals surface area contributed by atoms with Gasteiger partial charge in [0, 0.05) is 0 Å². The summed E-state index contributed by atoms with van der Waals surface area (Å²) in [7, 11) is 0. The molecular formula is C8H6N4O. The van der Waals surface area contributed by atoms with Gasteiger partial charge in [-0.1, -0.05) is 4.85 Å². The second-order valence-corrected chi connectivity index (χ2v) is 2.75. The van der Waals surface area contributed by atoms with Crippen molar-refractivity contribution in [3.8, 4) is 6.07 Å². The second-order valence-electron chi connectivity index (χ2n) is 2.75. The zero-order valence-corrected chi connectivity index (χ0v) is 6.89. The minimum absolute atomic E-state index is 0.511. The Morgan fingerprint density at radius 3 is 3.00 bits per heavy atom. The minimum atomic E-state index is 0.511. The minimum Gasteiger partial charge on any atom is -0.410 e. The van der Waals surface area contributed by atoms with Gasteiger partial charge in [0.2, 0.25) is 0 Å². The van der Waals surface area contributed by atoms with Crippen molar-refractivity contribution in [2.24, 2.45) is 0 Å². The molecular weight excluding hydrogens is 168 g/mol. The topological polar surface area (TPSA) is 74.7 Å². The van der Waals surface area contributed by atoms with Gasteiger partial charge >= 0.3 is 0 Å². The first-order chi connectivity index (χ1) is 6.22. The predicted octanol–water partition coefficient (Wildman–Crippen LogP) is 0.849.